The maximum atomic E-state index is 4.56. The molecule has 0 saturated heterocycles. The van der Waals surface area contributed by atoms with E-state index in [4.69, 9.17) is 0 Å². The number of unbranched alkanes of at least 4 members (excludes halogenated alkanes) is 7. The van der Waals surface area contributed by atoms with Crippen molar-refractivity contribution in [3.05, 3.63) is 17.5 Å². The van der Waals surface area contributed by atoms with E-state index in [1.165, 1.54) is 69.2 Å². The zero-order valence-electron chi connectivity index (χ0n) is 14.6. The van der Waals surface area contributed by atoms with Crippen molar-refractivity contribution in [2.24, 2.45) is 7.05 Å². The maximum Gasteiger partial charge on any atom is 0.0625 e. The van der Waals surface area contributed by atoms with Gasteiger partial charge in [0.15, 0.2) is 0 Å². The predicted octanol–water partition coefficient (Wildman–Crippen LogP) is 4.77. The lowest BCUT2D eigenvalue weighted by Crippen LogP contribution is -2.19. The number of nitrogens with one attached hydrogen (secondary N) is 1. The second-order valence-electron chi connectivity index (χ2n) is 6.14. The number of rotatable bonds is 12. The molecule has 1 N–H and O–H groups in total. The Labute approximate surface area is 131 Å². The standard InChI is InChI=1S/C18H35N3/c1-5-7-8-9-10-11-12-13-14-17(19-3)18-15-16(6-2)20-21(18)4/h15,17,19H,5-14H2,1-4H3. The van der Waals surface area contributed by atoms with Gasteiger partial charge in [0.1, 0.15) is 0 Å². The minimum atomic E-state index is 0.447. The summed E-state index contributed by atoms with van der Waals surface area (Å²) in [5, 5.41) is 8.02. The SMILES string of the molecule is CCCCCCCCCCC(NC)c1cc(CC)nn1C. The Morgan fingerprint density at radius 3 is 2.19 bits per heavy atom. The largest absolute Gasteiger partial charge is 0.312 e. The Morgan fingerprint density at radius 1 is 1.05 bits per heavy atom. The van der Waals surface area contributed by atoms with Gasteiger partial charge in [0, 0.05) is 13.1 Å². The van der Waals surface area contributed by atoms with Gasteiger partial charge in [0.05, 0.1) is 11.4 Å². The summed E-state index contributed by atoms with van der Waals surface area (Å²) in [4.78, 5) is 0. The average Bonchev–Trinajstić information content (AvgIpc) is 2.87. The van der Waals surface area contributed by atoms with Crippen LogP contribution in [0.2, 0.25) is 0 Å². The van der Waals surface area contributed by atoms with Gasteiger partial charge in [-0.25, -0.2) is 0 Å². The van der Waals surface area contributed by atoms with E-state index in [-0.39, 0.29) is 0 Å². The van der Waals surface area contributed by atoms with Gasteiger partial charge in [0.25, 0.3) is 0 Å². The Balaban J connectivity index is 2.23. The molecule has 0 amide bonds. The summed E-state index contributed by atoms with van der Waals surface area (Å²) in [6.45, 7) is 4.44. The van der Waals surface area contributed by atoms with Crippen LogP contribution in [0.1, 0.15) is 89.1 Å². The second kappa shape index (κ2) is 10.8. The van der Waals surface area contributed by atoms with Gasteiger partial charge in [-0.1, -0.05) is 65.2 Å². The number of aryl methyl sites for hydroxylation is 2. The van der Waals surface area contributed by atoms with Gasteiger partial charge in [-0.2, -0.15) is 5.10 Å². The molecule has 0 aliphatic rings. The van der Waals surface area contributed by atoms with E-state index in [0.29, 0.717) is 6.04 Å². The van der Waals surface area contributed by atoms with E-state index in [1.54, 1.807) is 0 Å². The van der Waals surface area contributed by atoms with Crippen LogP contribution in [0.25, 0.3) is 0 Å². The van der Waals surface area contributed by atoms with Crippen molar-refractivity contribution in [1.82, 2.24) is 15.1 Å². The number of aromatic nitrogens is 2. The molecule has 0 fully saturated rings. The Bertz CT molecular complexity index is 371. The Kier molecular flexibility index (Phi) is 9.40. The summed E-state index contributed by atoms with van der Waals surface area (Å²) >= 11 is 0. The molecule has 122 valence electrons. The first-order valence-corrected chi connectivity index (χ1v) is 8.93. The monoisotopic (exact) mass is 293 g/mol. The van der Waals surface area contributed by atoms with E-state index in [0.717, 1.165) is 6.42 Å². The van der Waals surface area contributed by atoms with Gasteiger partial charge in [0.2, 0.25) is 0 Å². The molecule has 3 nitrogen and oxygen atoms in total. The van der Waals surface area contributed by atoms with Gasteiger partial charge in [-0.15, -0.1) is 0 Å². The number of hydrogen-bond acceptors (Lipinski definition) is 2. The molecular formula is C18H35N3. The zero-order chi connectivity index (χ0) is 15.5. The van der Waals surface area contributed by atoms with Crippen LogP contribution in [-0.4, -0.2) is 16.8 Å². The summed E-state index contributed by atoms with van der Waals surface area (Å²) in [5.74, 6) is 0. The van der Waals surface area contributed by atoms with Crippen molar-refractivity contribution in [3.8, 4) is 0 Å². The zero-order valence-corrected chi connectivity index (χ0v) is 14.6. The first kappa shape index (κ1) is 18.2. The van der Waals surface area contributed by atoms with E-state index >= 15 is 0 Å². The molecule has 1 aromatic rings. The quantitative estimate of drug-likeness (QED) is 0.562. The Morgan fingerprint density at radius 2 is 1.67 bits per heavy atom. The van der Waals surface area contributed by atoms with Gasteiger partial charge in [-0.3, -0.25) is 4.68 Å². The van der Waals surface area contributed by atoms with Crippen LogP contribution >= 0.6 is 0 Å². The lowest BCUT2D eigenvalue weighted by molar-refractivity contribution is 0.469. The molecule has 3 heteroatoms. The molecule has 0 saturated carbocycles. The summed E-state index contributed by atoms with van der Waals surface area (Å²) < 4.78 is 2.05. The Hall–Kier alpha value is -0.830. The minimum absolute atomic E-state index is 0.447. The fourth-order valence-corrected chi connectivity index (χ4v) is 2.96. The van der Waals surface area contributed by atoms with E-state index < -0.39 is 0 Å². The topological polar surface area (TPSA) is 29.9 Å². The fourth-order valence-electron chi connectivity index (χ4n) is 2.96. The van der Waals surface area contributed by atoms with Crippen LogP contribution in [0.15, 0.2) is 6.07 Å². The van der Waals surface area contributed by atoms with Crippen molar-refractivity contribution in [3.63, 3.8) is 0 Å². The molecule has 0 radical (unpaired) electrons. The first-order valence-electron chi connectivity index (χ1n) is 8.93. The van der Waals surface area contributed by atoms with Crippen LogP contribution in [0.4, 0.5) is 0 Å². The molecule has 1 aromatic heterocycles. The van der Waals surface area contributed by atoms with Crippen LogP contribution in [0, 0.1) is 0 Å². The molecule has 21 heavy (non-hydrogen) atoms. The minimum Gasteiger partial charge on any atom is -0.312 e. The predicted molar refractivity (Wildman–Crippen MR) is 91.6 cm³/mol. The molecule has 0 aliphatic carbocycles. The first-order chi connectivity index (χ1) is 10.2. The molecule has 1 atom stereocenters. The summed E-state index contributed by atoms with van der Waals surface area (Å²) in [6.07, 6.45) is 13.3. The molecule has 0 aromatic carbocycles. The molecule has 1 unspecified atom stereocenters. The lowest BCUT2D eigenvalue weighted by Gasteiger charge is -2.16. The molecule has 0 spiro atoms. The second-order valence-corrected chi connectivity index (χ2v) is 6.14. The highest BCUT2D eigenvalue weighted by Gasteiger charge is 2.14. The van der Waals surface area contributed by atoms with Crippen LogP contribution < -0.4 is 5.32 Å². The third kappa shape index (κ3) is 6.64. The third-order valence-corrected chi connectivity index (χ3v) is 4.38. The third-order valence-electron chi connectivity index (χ3n) is 4.38. The summed E-state index contributed by atoms with van der Waals surface area (Å²) in [7, 11) is 4.13. The van der Waals surface area contributed by atoms with E-state index in [2.05, 4.69) is 44.4 Å². The highest BCUT2D eigenvalue weighted by atomic mass is 15.3. The molecular weight excluding hydrogens is 258 g/mol. The highest BCUT2D eigenvalue weighted by Crippen LogP contribution is 2.21. The average molecular weight is 293 g/mol. The van der Waals surface area contributed by atoms with Gasteiger partial charge < -0.3 is 5.32 Å². The normalized spacial score (nSPS) is 12.8. The number of hydrogen-bond donors (Lipinski definition) is 1. The van der Waals surface area contributed by atoms with Crippen molar-refractivity contribution in [2.45, 2.75) is 84.1 Å². The van der Waals surface area contributed by atoms with E-state index in [9.17, 15) is 0 Å². The van der Waals surface area contributed by atoms with Crippen molar-refractivity contribution in [1.29, 1.82) is 0 Å². The number of nitrogens with zero attached hydrogens (tertiary/aromatic N) is 2. The summed E-state index contributed by atoms with van der Waals surface area (Å²) in [6, 6.07) is 2.70. The lowest BCUT2D eigenvalue weighted by atomic mass is 10.0. The molecule has 1 heterocycles. The van der Waals surface area contributed by atoms with Crippen molar-refractivity contribution in [2.75, 3.05) is 7.05 Å². The van der Waals surface area contributed by atoms with Crippen molar-refractivity contribution >= 4 is 0 Å². The van der Waals surface area contributed by atoms with Gasteiger partial charge in [-0.05, 0) is 26.0 Å². The van der Waals surface area contributed by atoms with Crippen molar-refractivity contribution < 1.29 is 0 Å². The van der Waals surface area contributed by atoms with Crippen LogP contribution in [0.3, 0.4) is 0 Å². The van der Waals surface area contributed by atoms with Crippen LogP contribution in [-0.2, 0) is 13.5 Å². The fraction of sp³-hybridized carbons (Fsp3) is 0.833. The summed E-state index contributed by atoms with van der Waals surface area (Å²) in [5.41, 5.74) is 2.53. The highest BCUT2D eigenvalue weighted by molar-refractivity contribution is 5.14. The molecule has 1 rings (SSSR count). The molecule has 0 aliphatic heterocycles. The van der Waals surface area contributed by atoms with Crippen LogP contribution in [0.5, 0.6) is 0 Å². The molecule has 0 bridgehead atoms. The van der Waals surface area contributed by atoms with E-state index in [1.807, 2.05) is 4.68 Å². The van der Waals surface area contributed by atoms with Gasteiger partial charge >= 0.3 is 0 Å². The smallest absolute Gasteiger partial charge is 0.0625 e. The maximum absolute atomic E-state index is 4.56.